The lowest BCUT2D eigenvalue weighted by atomic mass is 10.1. The maximum Gasteiger partial charge on any atom is 0.264 e. The maximum absolute atomic E-state index is 12.9. The summed E-state index contributed by atoms with van der Waals surface area (Å²) in [5, 5.41) is 8.62. The van der Waals surface area contributed by atoms with E-state index >= 15 is 0 Å². The monoisotopic (exact) mass is 417 g/mol. The molecular weight excluding hydrogens is 394 g/mol. The molecule has 2 aromatic carbocycles. The smallest absolute Gasteiger partial charge is 0.264 e. The van der Waals surface area contributed by atoms with E-state index in [2.05, 4.69) is 45.9 Å². The first-order chi connectivity index (χ1) is 14.8. The number of amides is 1. The van der Waals surface area contributed by atoms with Gasteiger partial charge in [-0.15, -0.1) is 11.3 Å². The van der Waals surface area contributed by atoms with Crippen molar-refractivity contribution in [2.75, 3.05) is 38.0 Å². The van der Waals surface area contributed by atoms with Crippen LogP contribution in [-0.4, -0.2) is 53.5 Å². The Kier molecular flexibility index (Phi) is 5.29. The van der Waals surface area contributed by atoms with E-state index in [9.17, 15) is 4.79 Å². The van der Waals surface area contributed by atoms with Gasteiger partial charge in [-0.25, -0.2) is 9.97 Å². The minimum Gasteiger partial charge on any atom is -0.354 e. The Morgan fingerprint density at radius 3 is 2.80 bits per heavy atom. The molecule has 0 saturated carbocycles. The second-order valence-corrected chi connectivity index (χ2v) is 8.51. The standard InChI is InChI=1S/C23H23N5OS/c29-22(28-12-10-24-11-13-28)20-14-18-19(30-20)7-6-17-15-26-23(27-21(17)18)25-9-8-16-4-2-1-3-5-16/h1-7,14-15,24H,8-13H2,(H,25,26,27). The van der Waals surface area contributed by atoms with Crippen LogP contribution in [0.25, 0.3) is 21.0 Å². The maximum atomic E-state index is 12.9. The summed E-state index contributed by atoms with van der Waals surface area (Å²) < 4.78 is 1.08. The predicted molar refractivity (Wildman–Crippen MR) is 122 cm³/mol. The van der Waals surface area contributed by atoms with Gasteiger partial charge in [0.05, 0.1) is 10.4 Å². The molecule has 3 heterocycles. The van der Waals surface area contributed by atoms with E-state index in [1.807, 2.05) is 29.3 Å². The Morgan fingerprint density at radius 1 is 1.13 bits per heavy atom. The number of hydrogen-bond acceptors (Lipinski definition) is 6. The van der Waals surface area contributed by atoms with Crippen LogP contribution in [0.5, 0.6) is 0 Å². The van der Waals surface area contributed by atoms with Gasteiger partial charge in [-0.2, -0.15) is 0 Å². The van der Waals surface area contributed by atoms with Gasteiger partial charge in [-0.1, -0.05) is 30.3 Å². The zero-order valence-electron chi connectivity index (χ0n) is 16.6. The van der Waals surface area contributed by atoms with Crippen molar-refractivity contribution in [1.29, 1.82) is 0 Å². The average molecular weight is 418 g/mol. The van der Waals surface area contributed by atoms with Gasteiger partial charge in [0.2, 0.25) is 5.95 Å². The molecule has 0 unspecified atom stereocenters. The molecule has 7 heteroatoms. The van der Waals surface area contributed by atoms with Gasteiger partial charge >= 0.3 is 0 Å². The third-order valence-electron chi connectivity index (χ3n) is 5.40. The highest BCUT2D eigenvalue weighted by Gasteiger charge is 2.20. The van der Waals surface area contributed by atoms with Crippen LogP contribution in [0.1, 0.15) is 15.2 Å². The third-order valence-corrected chi connectivity index (χ3v) is 6.49. The van der Waals surface area contributed by atoms with Crippen molar-refractivity contribution in [2.24, 2.45) is 0 Å². The number of hydrogen-bond donors (Lipinski definition) is 2. The topological polar surface area (TPSA) is 70.2 Å². The number of nitrogens with zero attached hydrogens (tertiary/aromatic N) is 3. The molecule has 0 bridgehead atoms. The predicted octanol–water partition coefficient (Wildman–Crippen LogP) is 3.54. The number of rotatable bonds is 5. The van der Waals surface area contributed by atoms with E-state index in [0.717, 1.165) is 65.0 Å². The first-order valence-corrected chi connectivity index (χ1v) is 11.1. The van der Waals surface area contributed by atoms with Crippen LogP contribution in [0.15, 0.2) is 54.7 Å². The van der Waals surface area contributed by atoms with Crippen molar-refractivity contribution in [3.8, 4) is 0 Å². The molecule has 2 aromatic heterocycles. The Bertz CT molecular complexity index is 1180. The van der Waals surface area contributed by atoms with Crippen molar-refractivity contribution in [1.82, 2.24) is 20.2 Å². The molecule has 0 atom stereocenters. The fourth-order valence-electron chi connectivity index (χ4n) is 3.79. The van der Waals surface area contributed by atoms with Crippen molar-refractivity contribution < 1.29 is 4.79 Å². The Hall–Kier alpha value is -3.03. The molecule has 6 nitrogen and oxygen atoms in total. The molecule has 2 N–H and O–H groups in total. The number of nitrogens with one attached hydrogen (secondary N) is 2. The molecule has 1 amide bonds. The van der Waals surface area contributed by atoms with E-state index in [0.29, 0.717) is 5.95 Å². The normalized spacial score (nSPS) is 14.3. The summed E-state index contributed by atoms with van der Waals surface area (Å²) in [6.07, 6.45) is 2.76. The summed E-state index contributed by atoms with van der Waals surface area (Å²) in [5.41, 5.74) is 2.17. The largest absolute Gasteiger partial charge is 0.354 e. The van der Waals surface area contributed by atoms with E-state index in [1.165, 1.54) is 5.56 Å². The quantitative estimate of drug-likeness (QED) is 0.520. The van der Waals surface area contributed by atoms with Crippen molar-refractivity contribution in [3.63, 3.8) is 0 Å². The Labute approximate surface area is 179 Å². The minimum atomic E-state index is 0.112. The van der Waals surface area contributed by atoms with Crippen LogP contribution in [-0.2, 0) is 6.42 Å². The third kappa shape index (κ3) is 3.86. The summed E-state index contributed by atoms with van der Waals surface area (Å²) in [4.78, 5) is 24.8. The fraction of sp³-hybridized carbons (Fsp3) is 0.261. The highest BCUT2D eigenvalue weighted by molar-refractivity contribution is 7.21. The summed E-state index contributed by atoms with van der Waals surface area (Å²) in [7, 11) is 0. The Balaban J connectivity index is 1.39. The zero-order chi connectivity index (χ0) is 20.3. The van der Waals surface area contributed by atoms with Crippen molar-refractivity contribution >= 4 is 44.2 Å². The number of benzene rings is 2. The van der Waals surface area contributed by atoms with Gasteiger partial charge in [0.15, 0.2) is 0 Å². The van der Waals surface area contributed by atoms with Gasteiger partial charge in [0.25, 0.3) is 5.91 Å². The van der Waals surface area contributed by atoms with Crippen molar-refractivity contribution in [2.45, 2.75) is 6.42 Å². The van der Waals surface area contributed by atoms with Crippen LogP contribution in [0.4, 0.5) is 5.95 Å². The van der Waals surface area contributed by atoms with Crippen molar-refractivity contribution in [3.05, 3.63) is 65.2 Å². The van der Waals surface area contributed by atoms with Crippen LogP contribution >= 0.6 is 11.3 Å². The molecule has 0 spiro atoms. The second kappa shape index (κ2) is 8.38. The minimum absolute atomic E-state index is 0.112. The molecule has 152 valence electrons. The van der Waals surface area contributed by atoms with Gasteiger partial charge in [-0.05, 0) is 30.2 Å². The number of aromatic nitrogens is 2. The summed E-state index contributed by atoms with van der Waals surface area (Å²) >= 11 is 1.54. The molecule has 1 aliphatic heterocycles. The molecule has 0 aliphatic carbocycles. The molecule has 1 saturated heterocycles. The number of piperazine rings is 1. The van der Waals surface area contributed by atoms with E-state index in [-0.39, 0.29) is 5.91 Å². The highest BCUT2D eigenvalue weighted by atomic mass is 32.1. The van der Waals surface area contributed by atoms with E-state index < -0.39 is 0 Å². The number of thiophene rings is 1. The first kappa shape index (κ1) is 19.0. The molecule has 30 heavy (non-hydrogen) atoms. The molecule has 4 aromatic rings. The summed E-state index contributed by atoms with van der Waals surface area (Å²) in [6.45, 7) is 3.98. The van der Waals surface area contributed by atoms with Crippen LogP contribution in [0, 0.1) is 0 Å². The number of carbonyl (C=O) groups excluding carboxylic acids is 1. The van der Waals surface area contributed by atoms with Gasteiger partial charge in [0.1, 0.15) is 0 Å². The van der Waals surface area contributed by atoms with Crippen LogP contribution in [0.3, 0.4) is 0 Å². The summed E-state index contributed by atoms with van der Waals surface area (Å²) in [5.74, 6) is 0.730. The van der Waals surface area contributed by atoms with E-state index in [1.54, 1.807) is 11.3 Å². The first-order valence-electron chi connectivity index (χ1n) is 10.2. The lowest BCUT2D eigenvalue weighted by molar-refractivity contribution is 0.0741. The average Bonchev–Trinajstić information content (AvgIpc) is 3.25. The second-order valence-electron chi connectivity index (χ2n) is 7.42. The molecule has 5 rings (SSSR count). The molecular formula is C23H23N5OS. The van der Waals surface area contributed by atoms with Gasteiger partial charge in [-0.3, -0.25) is 4.79 Å². The summed E-state index contributed by atoms with van der Waals surface area (Å²) in [6, 6.07) is 16.4. The van der Waals surface area contributed by atoms with Crippen LogP contribution in [0.2, 0.25) is 0 Å². The van der Waals surface area contributed by atoms with Gasteiger partial charge in [0, 0.05) is 54.4 Å². The van der Waals surface area contributed by atoms with Crippen LogP contribution < -0.4 is 10.6 Å². The van der Waals surface area contributed by atoms with E-state index in [4.69, 9.17) is 4.98 Å². The SMILES string of the molecule is O=C(c1cc2c(ccc3cnc(NCCc4ccccc4)nc32)s1)N1CCNCC1. The molecule has 1 aliphatic rings. The number of anilines is 1. The number of carbonyl (C=O) groups is 1. The van der Waals surface area contributed by atoms with Gasteiger partial charge < -0.3 is 15.5 Å². The highest BCUT2D eigenvalue weighted by Crippen LogP contribution is 2.32. The zero-order valence-corrected chi connectivity index (χ0v) is 17.4. The molecule has 1 fully saturated rings. The lowest BCUT2D eigenvalue weighted by Gasteiger charge is -2.26. The molecule has 0 radical (unpaired) electrons. The lowest BCUT2D eigenvalue weighted by Crippen LogP contribution is -2.46. The Morgan fingerprint density at radius 2 is 1.97 bits per heavy atom. The fourth-order valence-corrected chi connectivity index (χ4v) is 4.82. The number of fused-ring (bicyclic) bond motifs is 3.